The van der Waals surface area contributed by atoms with E-state index in [0.717, 1.165) is 18.2 Å². The van der Waals surface area contributed by atoms with E-state index in [4.69, 9.17) is 11.6 Å². The van der Waals surface area contributed by atoms with Gasteiger partial charge >= 0.3 is 11.9 Å². The molecule has 13 heteroatoms. The number of rotatable bonds is 5. The first-order valence-corrected chi connectivity index (χ1v) is 10.6. The van der Waals surface area contributed by atoms with Gasteiger partial charge in [-0.05, 0) is 51.3 Å². The number of nitrogens with one attached hydrogen (secondary N) is 1. The summed E-state index contributed by atoms with van der Waals surface area (Å²) in [4.78, 5) is 22.7. The lowest BCUT2D eigenvalue weighted by Gasteiger charge is -2.19. The second-order valence-corrected chi connectivity index (χ2v) is 8.37. The third-order valence-electron chi connectivity index (χ3n) is 4.89. The number of alkyl halides is 3. The Balaban J connectivity index is 2.06. The van der Waals surface area contributed by atoms with Crippen molar-refractivity contribution in [3.63, 3.8) is 0 Å². The number of halogens is 5. The fourth-order valence-electron chi connectivity index (χ4n) is 3.27. The molecule has 180 valence electrons. The molecular formula is C22H12BrClF3N3O5. The fourth-order valence-corrected chi connectivity index (χ4v) is 3.82. The van der Waals surface area contributed by atoms with Crippen LogP contribution >= 0.6 is 27.5 Å². The first-order chi connectivity index (χ1) is 16.3. The number of hydrogen-bond donors (Lipinski definition) is 3. The molecule has 8 nitrogen and oxygen atoms in total. The van der Waals surface area contributed by atoms with Gasteiger partial charge in [-0.2, -0.15) is 18.4 Å². The number of anilines is 1. The molecule has 3 aromatic carbocycles. The number of amides is 1. The molecule has 0 aliphatic carbocycles. The largest absolute Gasteiger partial charge is 0.506 e. The minimum absolute atomic E-state index is 0.260. The van der Waals surface area contributed by atoms with Crippen LogP contribution in [0.5, 0.6) is 11.5 Å². The van der Waals surface area contributed by atoms with E-state index in [1.165, 1.54) is 24.3 Å². The maximum atomic E-state index is 13.9. The molecule has 0 aliphatic rings. The lowest BCUT2D eigenvalue weighted by molar-refractivity contribution is -0.386. The standard InChI is InChI=1S/C22H12BrClF3N3O5/c23-16-8-17(30(34)35)20(32)18(19(16)31)21(33)29-12-5-6-13(15(7-12)22(25,26)27)14(9-28)10-1-3-11(24)4-2-10/h1-8,14,31-32H,(H,29,33). The molecule has 3 rings (SSSR count). The molecule has 3 N–H and O–H groups in total. The summed E-state index contributed by atoms with van der Waals surface area (Å²) in [5.41, 5.74) is -3.57. The maximum absolute atomic E-state index is 13.9. The Morgan fingerprint density at radius 2 is 1.77 bits per heavy atom. The highest BCUT2D eigenvalue weighted by atomic mass is 79.9. The van der Waals surface area contributed by atoms with Crippen molar-refractivity contribution >= 4 is 44.8 Å². The van der Waals surface area contributed by atoms with Crippen molar-refractivity contribution < 1.29 is 33.1 Å². The average Bonchev–Trinajstić information content (AvgIpc) is 2.78. The van der Waals surface area contributed by atoms with Crippen LogP contribution in [-0.4, -0.2) is 21.0 Å². The van der Waals surface area contributed by atoms with Gasteiger partial charge in [0.15, 0.2) is 0 Å². The van der Waals surface area contributed by atoms with E-state index in [9.17, 15) is 43.6 Å². The van der Waals surface area contributed by atoms with Crippen molar-refractivity contribution in [3.05, 3.63) is 90.4 Å². The van der Waals surface area contributed by atoms with Gasteiger partial charge in [-0.3, -0.25) is 14.9 Å². The number of phenolic OH excluding ortho intramolecular Hbond substituents is 2. The van der Waals surface area contributed by atoms with E-state index in [2.05, 4.69) is 21.2 Å². The van der Waals surface area contributed by atoms with E-state index in [1.54, 1.807) is 0 Å². The van der Waals surface area contributed by atoms with Crippen LogP contribution in [0.25, 0.3) is 0 Å². The van der Waals surface area contributed by atoms with E-state index >= 15 is 0 Å². The van der Waals surface area contributed by atoms with Gasteiger partial charge in [-0.1, -0.05) is 29.8 Å². The molecule has 0 aliphatic heterocycles. The molecule has 0 heterocycles. The molecule has 0 spiro atoms. The molecule has 0 aromatic heterocycles. The summed E-state index contributed by atoms with van der Waals surface area (Å²) < 4.78 is 41.4. The van der Waals surface area contributed by atoms with Crippen LogP contribution in [0.2, 0.25) is 5.02 Å². The minimum Gasteiger partial charge on any atom is -0.506 e. The molecule has 3 aromatic rings. The first kappa shape index (κ1) is 25.8. The van der Waals surface area contributed by atoms with Crippen LogP contribution in [0.15, 0.2) is 53.0 Å². The lowest BCUT2D eigenvalue weighted by atomic mass is 9.88. The second-order valence-electron chi connectivity index (χ2n) is 7.07. The van der Waals surface area contributed by atoms with Crippen molar-refractivity contribution in [1.82, 2.24) is 0 Å². The van der Waals surface area contributed by atoms with Crippen LogP contribution < -0.4 is 5.32 Å². The first-order valence-electron chi connectivity index (χ1n) is 9.41. The topological polar surface area (TPSA) is 136 Å². The summed E-state index contributed by atoms with van der Waals surface area (Å²) >= 11 is 8.63. The van der Waals surface area contributed by atoms with Crippen LogP contribution in [-0.2, 0) is 6.18 Å². The Hall–Kier alpha value is -3.82. The molecule has 35 heavy (non-hydrogen) atoms. The van der Waals surface area contributed by atoms with Crippen molar-refractivity contribution in [2.45, 2.75) is 12.1 Å². The highest BCUT2D eigenvalue weighted by Gasteiger charge is 2.36. The fraction of sp³-hybridized carbons (Fsp3) is 0.0909. The van der Waals surface area contributed by atoms with Crippen LogP contribution in [0, 0.1) is 21.4 Å². The Morgan fingerprint density at radius 1 is 1.14 bits per heavy atom. The maximum Gasteiger partial charge on any atom is 0.416 e. The van der Waals surface area contributed by atoms with Crippen molar-refractivity contribution in [1.29, 1.82) is 5.26 Å². The van der Waals surface area contributed by atoms with E-state index in [0.29, 0.717) is 11.1 Å². The van der Waals surface area contributed by atoms with Crippen LogP contribution in [0.1, 0.15) is 33.0 Å². The molecule has 0 bridgehead atoms. The number of nitriles is 1. The Labute approximate surface area is 208 Å². The highest BCUT2D eigenvalue weighted by Crippen LogP contribution is 2.42. The molecule has 1 amide bonds. The zero-order chi connectivity index (χ0) is 26.1. The van der Waals surface area contributed by atoms with E-state index in [1.807, 2.05) is 6.07 Å². The van der Waals surface area contributed by atoms with Gasteiger partial charge in [0, 0.05) is 16.8 Å². The monoisotopic (exact) mass is 569 g/mol. The number of aromatic hydroxyl groups is 2. The predicted molar refractivity (Wildman–Crippen MR) is 122 cm³/mol. The average molecular weight is 571 g/mol. The number of phenols is 2. The van der Waals surface area contributed by atoms with E-state index < -0.39 is 56.9 Å². The van der Waals surface area contributed by atoms with Crippen LogP contribution in [0.4, 0.5) is 24.5 Å². The normalized spacial score (nSPS) is 12.0. The SMILES string of the molecule is N#CC(c1ccc(Cl)cc1)c1ccc(NC(=O)c2c(O)c(Br)cc([N+](=O)[O-])c2O)cc1C(F)(F)F. The Bertz CT molecular complexity index is 1370. The van der Waals surface area contributed by atoms with Gasteiger partial charge in [-0.15, -0.1) is 0 Å². The zero-order valence-electron chi connectivity index (χ0n) is 17.1. The number of carbonyl (C=O) groups is 1. The smallest absolute Gasteiger partial charge is 0.416 e. The van der Waals surface area contributed by atoms with Gasteiger partial charge in [0.1, 0.15) is 11.3 Å². The molecule has 0 saturated heterocycles. The number of nitro benzene ring substituents is 1. The van der Waals surface area contributed by atoms with E-state index in [-0.39, 0.29) is 15.6 Å². The summed E-state index contributed by atoms with van der Waals surface area (Å²) in [6.07, 6.45) is -4.92. The molecule has 0 fully saturated rings. The summed E-state index contributed by atoms with van der Waals surface area (Å²) in [7, 11) is 0. The minimum atomic E-state index is -4.92. The quantitative estimate of drug-likeness (QED) is 0.242. The second kappa shape index (κ2) is 9.81. The summed E-state index contributed by atoms with van der Waals surface area (Å²) in [5.74, 6) is -4.65. The Kier molecular flexibility index (Phi) is 7.23. The summed E-state index contributed by atoms with van der Waals surface area (Å²) in [6, 6.07) is 10.9. The molecule has 0 radical (unpaired) electrons. The summed E-state index contributed by atoms with van der Waals surface area (Å²) in [5, 5.41) is 43.3. The summed E-state index contributed by atoms with van der Waals surface area (Å²) in [6.45, 7) is 0. The number of hydrogen-bond acceptors (Lipinski definition) is 6. The van der Waals surface area contributed by atoms with Gasteiger partial charge in [0.2, 0.25) is 5.75 Å². The number of carbonyl (C=O) groups excluding carboxylic acids is 1. The van der Waals surface area contributed by atoms with Crippen molar-refractivity contribution in [3.8, 4) is 17.6 Å². The van der Waals surface area contributed by atoms with Gasteiger partial charge < -0.3 is 15.5 Å². The molecule has 0 saturated carbocycles. The zero-order valence-corrected chi connectivity index (χ0v) is 19.4. The van der Waals surface area contributed by atoms with Crippen molar-refractivity contribution in [2.24, 2.45) is 0 Å². The molecule has 1 atom stereocenters. The third-order valence-corrected chi connectivity index (χ3v) is 5.75. The highest BCUT2D eigenvalue weighted by molar-refractivity contribution is 9.10. The Morgan fingerprint density at radius 3 is 2.31 bits per heavy atom. The molecule has 1 unspecified atom stereocenters. The molecular weight excluding hydrogens is 559 g/mol. The number of benzene rings is 3. The van der Waals surface area contributed by atoms with Gasteiger partial charge in [-0.25, -0.2) is 0 Å². The lowest BCUT2D eigenvalue weighted by Crippen LogP contribution is -2.16. The van der Waals surface area contributed by atoms with Crippen LogP contribution in [0.3, 0.4) is 0 Å². The van der Waals surface area contributed by atoms with Gasteiger partial charge in [0.25, 0.3) is 5.91 Å². The number of nitrogens with zero attached hydrogens (tertiary/aromatic N) is 2. The third kappa shape index (κ3) is 5.31. The predicted octanol–water partition coefficient (Wildman–Crippen LogP) is 6.35. The number of nitro groups is 1. The van der Waals surface area contributed by atoms with Gasteiger partial charge in [0.05, 0.1) is 26.9 Å². The van der Waals surface area contributed by atoms with Crippen molar-refractivity contribution in [2.75, 3.05) is 5.32 Å².